The van der Waals surface area contributed by atoms with Crippen molar-refractivity contribution in [2.45, 2.75) is 19.4 Å². The Balaban J connectivity index is 2.99. The Labute approximate surface area is 112 Å². The molecule has 100 valence electrons. The lowest BCUT2D eigenvalue weighted by Crippen LogP contribution is -2.51. The molecule has 19 heavy (non-hydrogen) atoms. The minimum atomic E-state index is -1.24. The Morgan fingerprint density at radius 2 is 1.95 bits per heavy atom. The SMILES string of the molecule is CC=C=CC(C)(NC(=O)c1ccccc1)C(=O)OC. The third kappa shape index (κ3) is 3.83. The summed E-state index contributed by atoms with van der Waals surface area (Å²) in [5, 5.41) is 2.64. The van der Waals surface area contributed by atoms with Crippen molar-refractivity contribution >= 4 is 11.9 Å². The highest BCUT2D eigenvalue weighted by molar-refractivity contribution is 5.98. The Bertz CT molecular complexity index is 511. The van der Waals surface area contributed by atoms with E-state index in [-0.39, 0.29) is 5.91 Å². The molecule has 0 heterocycles. The van der Waals surface area contributed by atoms with Gasteiger partial charge in [-0.2, -0.15) is 0 Å². The van der Waals surface area contributed by atoms with E-state index in [4.69, 9.17) is 4.74 Å². The summed E-state index contributed by atoms with van der Waals surface area (Å²) in [5.74, 6) is -0.895. The van der Waals surface area contributed by atoms with Crippen molar-refractivity contribution in [3.05, 3.63) is 53.8 Å². The van der Waals surface area contributed by atoms with Gasteiger partial charge in [0.1, 0.15) is 0 Å². The first-order valence-corrected chi connectivity index (χ1v) is 5.87. The van der Waals surface area contributed by atoms with Crippen LogP contribution < -0.4 is 5.32 Å². The van der Waals surface area contributed by atoms with E-state index < -0.39 is 11.5 Å². The van der Waals surface area contributed by atoms with Gasteiger partial charge in [0.05, 0.1) is 7.11 Å². The molecule has 0 radical (unpaired) electrons. The lowest BCUT2D eigenvalue weighted by molar-refractivity contribution is -0.145. The first-order valence-electron chi connectivity index (χ1n) is 5.87. The molecule has 0 aliphatic carbocycles. The van der Waals surface area contributed by atoms with Crippen LogP contribution in [0.3, 0.4) is 0 Å². The van der Waals surface area contributed by atoms with Gasteiger partial charge in [0.15, 0.2) is 5.54 Å². The summed E-state index contributed by atoms with van der Waals surface area (Å²) < 4.78 is 4.71. The predicted molar refractivity (Wildman–Crippen MR) is 72.7 cm³/mol. The van der Waals surface area contributed by atoms with Crippen molar-refractivity contribution < 1.29 is 14.3 Å². The number of nitrogens with one attached hydrogen (secondary N) is 1. The fourth-order valence-electron chi connectivity index (χ4n) is 1.51. The highest BCUT2D eigenvalue weighted by atomic mass is 16.5. The number of rotatable bonds is 4. The standard InChI is InChI=1S/C15H17NO3/c1-4-5-11-15(2,14(18)19-3)16-13(17)12-9-7-6-8-10-12/h4,6-11H,1-3H3,(H,16,17). The molecule has 0 aromatic heterocycles. The molecule has 1 aromatic carbocycles. The molecule has 1 aromatic rings. The number of carbonyl (C=O) groups is 2. The fourth-order valence-corrected chi connectivity index (χ4v) is 1.51. The van der Waals surface area contributed by atoms with Gasteiger partial charge in [0.2, 0.25) is 0 Å². The normalized spacial score (nSPS) is 12.6. The second kappa shape index (κ2) is 6.57. The minimum absolute atomic E-state index is 0.345. The van der Waals surface area contributed by atoms with Crippen molar-refractivity contribution in [1.29, 1.82) is 0 Å². The van der Waals surface area contributed by atoms with E-state index in [0.717, 1.165) is 0 Å². The van der Waals surface area contributed by atoms with Crippen LogP contribution in [0.2, 0.25) is 0 Å². The van der Waals surface area contributed by atoms with Gasteiger partial charge in [0, 0.05) is 5.56 Å². The molecule has 1 amide bonds. The van der Waals surface area contributed by atoms with Gasteiger partial charge in [0.25, 0.3) is 5.91 Å². The summed E-state index contributed by atoms with van der Waals surface area (Å²) in [7, 11) is 1.28. The quantitative estimate of drug-likeness (QED) is 0.665. The molecule has 0 saturated carbocycles. The zero-order chi connectivity index (χ0) is 14.3. The molecule has 1 N–H and O–H groups in total. The smallest absolute Gasteiger partial charge is 0.336 e. The maximum atomic E-state index is 12.1. The topological polar surface area (TPSA) is 55.4 Å². The van der Waals surface area contributed by atoms with Crippen molar-refractivity contribution in [1.82, 2.24) is 5.32 Å². The lowest BCUT2D eigenvalue weighted by Gasteiger charge is -2.23. The number of methoxy groups -OCH3 is 1. The highest BCUT2D eigenvalue weighted by Crippen LogP contribution is 2.10. The highest BCUT2D eigenvalue weighted by Gasteiger charge is 2.33. The molecule has 4 heteroatoms. The van der Waals surface area contributed by atoms with Crippen molar-refractivity contribution in [2.75, 3.05) is 7.11 Å². The van der Waals surface area contributed by atoms with Gasteiger partial charge in [-0.1, -0.05) is 18.2 Å². The molecule has 0 saturated heterocycles. The third-order valence-electron chi connectivity index (χ3n) is 2.56. The molecular weight excluding hydrogens is 242 g/mol. The van der Waals surface area contributed by atoms with Gasteiger partial charge in [-0.3, -0.25) is 4.79 Å². The summed E-state index contributed by atoms with van der Waals surface area (Å²) >= 11 is 0. The molecule has 0 bridgehead atoms. The van der Waals surface area contributed by atoms with Crippen LogP contribution in [0, 0.1) is 0 Å². The minimum Gasteiger partial charge on any atom is -0.467 e. The van der Waals surface area contributed by atoms with Crippen LogP contribution in [0.4, 0.5) is 0 Å². The van der Waals surface area contributed by atoms with Gasteiger partial charge in [-0.25, -0.2) is 4.79 Å². The Morgan fingerprint density at radius 1 is 1.32 bits per heavy atom. The fraction of sp³-hybridized carbons (Fsp3) is 0.267. The maximum Gasteiger partial charge on any atom is 0.336 e. The lowest BCUT2D eigenvalue weighted by atomic mass is 10.0. The number of esters is 1. The Kier molecular flexibility index (Phi) is 5.10. The van der Waals surface area contributed by atoms with Crippen LogP contribution in [0.15, 0.2) is 48.2 Å². The molecule has 1 unspecified atom stereocenters. The predicted octanol–water partition coefficient (Wildman–Crippen LogP) is 2.08. The number of carbonyl (C=O) groups excluding carboxylic acids is 2. The van der Waals surface area contributed by atoms with Crippen LogP contribution in [0.25, 0.3) is 0 Å². The third-order valence-corrected chi connectivity index (χ3v) is 2.56. The van der Waals surface area contributed by atoms with Gasteiger partial charge >= 0.3 is 5.97 Å². The van der Waals surface area contributed by atoms with Crippen molar-refractivity contribution in [3.63, 3.8) is 0 Å². The number of ether oxygens (including phenoxy) is 1. The second-order valence-corrected chi connectivity index (χ2v) is 4.11. The van der Waals surface area contributed by atoms with Crippen LogP contribution >= 0.6 is 0 Å². The first-order chi connectivity index (χ1) is 9.03. The van der Waals surface area contributed by atoms with E-state index in [1.807, 2.05) is 6.07 Å². The summed E-state index contributed by atoms with van der Waals surface area (Å²) in [6.45, 7) is 3.34. The van der Waals surface area contributed by atoms with E-state index in [1.165, 1.54) is 13.2 Å². The molecular formula is C15H17NO3. The average molecular weight is 259 g/mol. The molecule has 0 spiro atoms. The molecule has 1 rings (SSSR count). The van der Waals surface area contributed by atoms with Gasteiger partial charge in [-0.05, 0) is 38.1 Å². The first kappa shape index (κ1) is 14.7. The molecule has 4 nitrogen and oxygen atoms in total. The zero-order valence-corrected chi connectivity index (χ0v) is 11.3. The Hall–Kier alpha value is -2.32. The van der Waals surface area contributed by atoms with Crippen molar-refractivity contribution in [2.24, 2.45) is 0 Å². The molecule has 0 aliphatic heterocycles. The second-order valence-electron chi connectivity index (χ2n) is 4.11. The molecule has 0 aliphatic rings. The monoisotopic (exact) mass is 259 g/mol. The van der Waals surface area contributed by atoms with Gasteiger partial charge in [-0.15, -0.1) is 5.73 Å². The largest absolute Gasteiger partial charge is 0.467 e. The zero-order valence-electron chi connectivity index (χ0n) is 11.3. The van der Waals surface area contributed by atoms with E-state index in [9.17, 15) is 9.59 Å². The summed E-state index contributed by atoms with van der Waals surface area (Å²) in [4.78, 5) is 23.9. The number of benzene rings is 1. The van der Waals surface area contributed by atoms with E-state index in [0.29, 0.717) is 5.56 Å². The van der Waals surface area contributed by atoms with Crippen LogP contribution in [0.1, 0.15) is 24.2 Å². The number of amides is 1. The van der Waals surface area contributed by atoms with E-state index in [1.54, 1.807) is 44.2 Å². The van der Waals surface area contributed by atoms with Crippen LogP contribution in [0.5, 0.6) is 0 Å². The number of hydrogen-bond donors (Lipinski definition) is 1. The summed E-state index contributed by atoms with van der Waals surface area (Å²) in [6.07, 6.45) is 3.12. The van der Waals surface area contributed by atoms with Gasteiger partial charge < -0.3 is 10.1 Å². The molecule has 0 fully saturated rings. The number of hydrogen-bond acceptors (Lipinski definition) is 3. The summed E-state index contributed by atoms with van der Waals surface area (Å²) in [5.41, 5.74) is 2.03. The van der Waals surface area contributed by atoms with Crippen molar-refractivity contribution in [3.8, 4) is 0 Å². The molecule has 1 atom stereocenters. The van der Waals surface area contributed by atoms with Crippen LogP contribution in [-0.4, -0.2) is 24.5 Å². The Morgan fingerprint density at radius 3 is 2.47 bits per heavy atom. The maximum absolute atomic E-state index is 12.1. The average Bonchev–Trinajstić information content (AvgIpc) is 2.45. The van der Waals surface area contributed by atoms with E-state index in [2.05, 4.69) is 11.0 Å². The summed E-state index contributed by atoms with van der Waals surface area (Å²) in [6, 6.07) is 8.67. The van der Waals surface area contributed by atoms with E-state index >= 15 is 0 Å². The van der Waals surface area contributed by atoms with Crippen LogP contribution in [-0.2, 0) is 9.53 Å².